The SMILES string of the molecule is O=C(Cn1c2c(sc1=O)[C@@H](c1ccco1)[C@@H]1C(=O)N(c3ccc([N+](=O)[O-])cc3)C(=O)[C@@H]1S2)N1CCOCC1. The van der Waals surface area contributed by atoms with E-state index in [1.54, 1.807) is 17.0 Å². The van der Waals surface area contributed by atoms with E-state index in [0.29, 0.717) is 42.0 Å². The Morgan fingerprint density at radius 1 is 1.08 bits per heavy atom. The standard InChI is InChI=1S/C24H20N4O8S2/c29-16(25-7-10-35-11-8-25)12-26-23-20(38-24(26)32)17(15-2-1-9-36-15)18-19(37-23)22(31)27(21(18)30)13-3-5-14(6-4-13)28(33)34/h1-6,9,17-19H,7-8,10-12H2/t17-,18-,19+/m0/s1. The number of carbonyl (C=O) groups excluding carboxylic acids is 3. The number of aromatic nitrogens is 1. The molecule has 0 aliphatic carbocycles. The number of imide groups is 1. The lowest BCUT2D eigenvalue weighted by molar-refractivity contribution is -0.384. The monoisotopic (exact) mass is 556 g/mol. The van der Waals surface area contributed by atoms with Gasteiger partial charge in [-0.1, -0.05) is 23.1 Å². The summed E-state index contributed by atoms with van der Waals surface area (Å²) in [5.74, 6) is -2.34. The quantitative estimate of drug-likeness (QED) is 0.262. The highest BCUT2D eigenvalue weighted by molar-refractivity contribution is 8.00. The molecule has 12 nitrogen and oxygen atoms in total. The predicted molar refractivity (Wildman–Crippen MR) is 135 cm³/mol. The van der Waals surface area contributed by atoms with Crippen LogP contribution in [0.15, 0.2) is 56.9 Å². The van der Waals surface area contributed by atoms with Crippen LogP contribution in [0.1, 0.15) is 16.6 Å². The van der Waals surface area contributed by atoms with Crippen LogP contribution >= 0.6 is 23.1 Å². The molecule has 0 saturated carbocycles. The van der Waals surface area contributed by atoms with Gasteiger partial charge in [-0.15, -0.1) is 0 Å². The molecule has 0 spiro atoms. The van der Waals surface area contributed by atoms with Gasteiger partial charge in [0, 0.05) is 25.2 Å². The molecule has 0 bridgehead atoms. The molecular weight excluding hydrogens is 536 g/mol. The molecule has 3 aromatic rings. The number of thioether (sulfide) groups is 1. The Morgan fingerprint density at radius 3 is 2.47 bits per heavy atom. The highest BCUT2D eigenvalue weighted by atomic mass is 32.2. The van der Waals surface area contributed by atoms with Crippen molar-refractivity contribution in [2.75, 3.05) is 31.2 Å². The number of furan rings is 1. The zero-order chi connectivity index (χ0) is 26.6. The summed E-state index contributed by atoms with van der Waals surface area (Å²) in [5.41, 5.74) is 0.0614. The number of amides is 3. The fourth-order valence-electron chi connectivity index (χ4n) is 5.06. The molecule has 5 heterocycles. The number of anilines is 1. The third-order valence-corrected chi connectivity index (χ3v) is 9.48. The van der Waals surface area contributed by atoms with E-state index in [4.69, 9.17) is 9.15 Å². The van der Waals surface area contributed by atoms with Crippen molar-refractivity contribution in [2.45, 2.75) is 22.7 Å². The average molecular weight is 557 g/mol. The molecule has 6 rings (SSSR count). The molecule has 0 N–H and O–H groups in total. The number of carbonyl (C=O) groups is 3. The van der Waals surface area contributed by atoms with E-state index in [1.165, 1.54) is 35.1 Å². The van der Waals surface area contributed by atoms with Crippen molar-refractivity contribution in [1.29, 1.82) is 0 Å². The summed E-state index contributed by atoms with van der Waals surface area (Å²) >= 11 is 2.04. The Bertz CT molecular complexity index is 1490. The molecular formula is C24H20N4O8S2. The van der Waals surface area contributed by atoms with E-state index >= 15 is 0 Å². The number of hydrogen-bond acceptors (Lipinski definition) is 10. The van der Waals surface area contributed by atoms with Crippen LogP contribution in [-0.4, -0.2) is 63.7 Å². The molecule has 196 valence electrons. The van der Waals surface area contributed by atoms with E-state index in [9.17, 15) is 29.3 Å². The molecule has 2 aromatic heterocycles. The minimum atomic E-state index is -0.876. The number of nitro benzene ring substituents is 1. The van der Waals surface area contributed by atoms with Crippen LogP contribution in [0.3, 0.4) is 0 Å². The fourth-order valence-corrected chi connectivity index (χ4v) is 7.81. The number of non-ortho nitro benzene ring substituents is 1. The summed E-state index contributed by atoms with van der Waals surface area (Å²) in [4.78, 5) is 66.8. The summed E-state index contributed by atoms with van der Waals surface area (Å²) in [7, 11) is 0. The Balaban J connectivity index is 1.39. The second-order valence-corrected chi connectivity index (χ2v) is 11.1. The summed E-state index contributed by atoms with van der Waals surface area (Å²) in [6.45, 7) is 1.54. The maximum Gasteiger partial charge on any atom is 0.308 e. The first-order valence-corrected chi connectivity index (χ1v) is 13.5. The van der Waals surface area contributed by atoms with Gasteiger partial charge in [0.1, 0.15) is 17.6 Å². The summed E-state index contributed by atoms with van der Waals surface area (Å²) < 4.78 is 12.4. The molecule has 3 amide bonds. The second-order valence-electron chi connectivity index (χ2n) is 8.96. The van der Waals surface area contributed by atoms with E-state index in [1.807, 2.05) is 0 Å². The van der Waals surface area contributed by atoms with E-state index in [0.717, 1.165) is 28.0 Å². The Hall–Kier alpha value is -3.75. The summed E-state index contributed by atoms with van der Waals surface area (Å²) in [6.07, 6.45) is 1.46. The first-order chi connectivity index (χ1) is 18.3. The molecule has 14 heteroatoms. The van der Waals surface area contributed by atoms with Gasteiger partial charge in [-0.25, -0.2) is 4.90 Å². The van der Waals surface area contributed by atoms with Crippen molar-refractivity contribution in [3.8, 4) is 0 Å². The van der Waals surface area contributed by atoms with Gasteiger partial charge in [0.05, 0.1) is 51.8 Å². The Labute approximate surface area is 222 Å². The van der Waals surface area contributed by atoms with Gasteiger partial charge in [-0.3, -0.25) is 33.9 Å². The van der Waals surface area contributed by atoms with Gasteiger partial charge < -0.3 is 14.1 Å². The highest BCUT2D eigenvalue weighted by Gasteiger charge is 2.57. The Kier molecular flexibility index (Phi) is 6.16. The van der Waals surface area contributed by atoms with Crippen LogP contribution in [-0.2, 0) is 25.7 Å². The molecule has 3 aliphatic rings. The fraction of sp³-hybridized carbons (Fsp3) is 0.333. The lowest BCUT2D eigenvalue weighted by Gasteiger charge is -2.30. The minimum Gasteiger partial charge on any atom is -0.469 e. The zero-order valence-corrected chi connectivity index (χ0v) is 21.3. The van der Waals surface area contributed by atoms with Gasteiger partial charge in [0.25, 0.3) is 5.69 Å². The smallest absolute Gasteiger partial charge is 0.308 e. The van der Waals surface area contributed by atoms with E-state index < -0.39 is 33.8 Å². The van der Waals surface area contributed by atoms with Gasteiger partial charge >= 0.3 is 4.87 Å². The third kappa shape index (κ3) is 3.95. The van der Waals surface area contributed by atoms with Gasteiger partial charge in [-0.2, -0.15) is 0 Å². The molecule has 3 atom stereocenters. The molecule has 2 saturated heterocycles. The van der Waals surface area contributed by atoms with Crippen LogP contribution in [0.5, 0.6) is 0 Å². The molecule has 2 fully saturated rings. The first kappa shape index (κ1) is 24.6. The van der Waals surface area contributed by atoms with Crippen LogP contribution in [0, 0.1) is 16.0 Å². The van der Waals surface area contributed by atoms with Gasteiger partial charge in [0.15, 0.2) is 0 Å². The van der Waals surface area contributed by atoms with Gasteiger partial charge in [-0.05, 0) is 24.3 Å². The van der Waals surface area contributed by atoms with Crippen LogP contribution in [0.2, 0.25) is 0 Å². The maximum atomic E-state index is 13.7. The number of rotatable bonds is 5. The van der Waals surface area contributed by atoms with Crippen molar-refractivity contribution in [2.24, 2.45) is 5.92 Å². The molecule has 1 aromatic carbocycles. The topological polar surface area (TPSA) is 145 Å². The lowest BCUT2D eigenvalue weighted by atomic mass is 9.87. The molecule has 0 unspecified atom stereocenters. The number of nitro groups is 1. The second kappa shape index (κ2) is 9.53. The third-order valence-electron chi connectivity index (χ3n) is 6.87. The summed E-state index contributed by atoms with van der Waals surface area (Å²) in [6, 6.07) is 8.57. The largest absolute Gasteiger partial charge is 0.469 e. The van der Waals surface area contributed by atoms with Crippen LogP contribution in [0.25, 0.3) is 0 Å². The van der Waals surface area contributed by atoms with Gasteiger partial charge in [0.2, 0.25) is 17.7 Å². The number of benzene rings is 1. The zero-order valence-electron chi connectivity index (χ0n) is 19.7. The maximum absolute atomic E-state index is 13.7. The lowest BCUT2D eigenvalue weighted by Crippen LogP contribution is -2.43. The average Bonchev–Trinajstić information content (AvgIpc) is 3.62. The normalized spacial score (nSPS) is 22.9. The number of hydrogen-bond donors (Lipinski definition) is 0. The molecule has 0 radical (unpaired) electrons. The highest BCUT2D eigenvalue weighted by Crippen LogP contribution is 2.54. The van der Waals surface area contributed by atoms with Crippen LogP contribution in [0.4, 0.5) is 11.4 Å². The molecule has 38 heavy (non-hydrogen) atoms. The van der Waals surface area contributed by atoms with E-state index in [2.05, 4.69) is 0 Å². The van der Waals surface area contributed by atoms with Crippen molar-refractivity contribution in [1.82, 2.24) is 9.47 Å². The van der Waals surface area contributed by atoms with Crippen molar-refractivity contribution in [3.05, 3.63) is 73.1 Å². The number of ether oxygens (including phenoxy) is 1. The summed E-state index contributed by atoms with van der Waals surface area (Å²) in [5, 5.41) is 10.7. The number of fused-ring (bicyclic) bond motifs is 2. The minimum absolute atomic E-state index is 0.163. The number of thiazole rings is 1. The first-order valence-electron chi connectivity index (χ1n) is 11.8. The Morgan fingerprint density at radius 2 is 1.82 bits per heavy atom. The van der Waals surface area contributed by atoms with Crippen molar-refractivity contribution >= 4 is 52.2 Å². The molecule has 3 aliphatic heterocycles. The van der Waals surface area contributed by atoms with Crippen LogP contribution < -0.4 is 9.77 Å². The van der Waals surface area contributed by atoms with Crippen molar-refractivity contribution in [3.63, 3.8) is 0 Å². The number of morpholine rings is 1. The van der Waals surface area contributed by atoms with Crippen molar-refractivity contribution < 1.29 is 28.5 Å². The number of nitrogens with zero attached hydrogens (tertiary/aromatic N) is 4. The van der Waals surface area contributed by atoms with E-state index in [-0.39, 0.29) is 28.7 Å². The predicted octanol–water partition coefficient (Wildman–Crippen LogP) is 2.07.